The molecular formula is C11H10ClNO2. The van der Waals surface area contributed by atoms with Crippen LogP contribution >= 0.6 is 11.6 Å². The fourth-order valence-electron chi connectivity index (χ4n) is 1.34. The van der Waals surface area contributed by atoms with E-state index >= 15 is 0 Å². The van der Waals surface area contributed by atoms with Crippen molar-refractivity contribution in [2.24, 2.45) is 0 Å². The molecule has 78 valence electrons. The zero-order chi connectivity index (χ0) is 10.7. The summed E-state index contributed by atoms with van der Waals surface area (Å²) in [6.07, 6.45) is 1.25. The summed E-state index contributed by atoms with van der Waals surface area (Å²) < 4.78 is 5.09. The van der Waals surface area contributed by atoms with E-state index < -0.39 is 6.10 Å². The van der Waals surface area contributed by atoms with Crippen LogP contribution in [0, 0.1) is 0 Å². The Morgan fingerprint density at radius 1 is 1.33 bits per heavy atom. The maximum atomic E-state index is 9.78. The number of hydrogen-bond acceptors (Lipinski definition) is 3. The van der Waals surface area contributed by atoms with Gasteiger partial charge in [0.15, 0.2) is 0 Å². The molecule has 0 aliphatic carbocycles. The number of aliphatic hydroxyl groups is 1. The first kappa shape index (κ1) is 10.2. The average Bonchev–Trinajstić information content (AvgIpc) is 2.70. The van der Waals surface area contributed by atoms with Gasteiger partial charge in [0.2, 0.25) is 0 Å². The molecule has 0 radical (unpaired) electrons. The van der Waals surface area contributed by atoms with E-state index in [9.17, 15) is 5.11 Å². The molecule has 0 saturated heterocycles. The van der Waals surface area contributed by atoms with Crippen LogP contribution in [0.4, 0.5) is 0 Å². The van der Waals surface area contributed by atoms with Crippen LogP contribution in [0.15, 0.2) is 41.0 Å². The molecule has 1 unspecified atom stereocenters. The lowest BCUT2D eigenvalue weighted by atomic mass is 10.1. The van der Waals surface area contributed by atoms with Crippen LogP contribution in [-0.2, 0) is 6.42 Å². The summed E-state index contributed by atoms with van der Waals surface area (Å²) in [4.78, 5) is 4.09. The van der Waals surface area contributed by atoms with E-state index in [1.54, 1.807) is 24.3 Å². The van der Waals surface area contributed by atoms with E-state index in [4.69, 9.17) is 16.0 Å². The van der Waals surface area contributed by atoms with Crippen molar-refractivity contribution in [2.45, 2.75) is 12.5 Å². The van der Waals surface area contributed by atoms with Crippen LogP contribution in [0.3, 0.4) is 0 Å². The topological polar surface area (TPSA) is 46.3 Å². The van der Waals surface area contributed by atoms with E-state index in [-0.39, 0.29) is 0 Å². The summed E-state index contributed by atoms with van der Waals surface area (Å²) >= 11 is 5.74. The molecule has 0 aliphatic rings. The normalized spacial score (nSPS) is 12.7. The molecule has 0 spiro atoms. The van der Waals surface area contributed by atoms with Gasteiger partial charge < -0.3 is 9.52 Å². The molecule has 4 heteroatoms. The number of nitrogens with zero attached hydrogens (tertiary/aromatic N) is 1. The third kappa shape index (κ3) is 2.58. The minimum Gasteiger partial charge on any atom is -0.467 e. The molecule has 0 saturated carbocycles. The zero-order valence-corrected chi connectivity index (χ0v) is 8.69. The molecule has 0 fully saturated rings. The molecule has 2 heterocycles. The summed E-state index contributed by atoms with van der Waals surface area (Å²) in [7, 11) is 0. The average molecular weight is 224 g/mol. The SMILES string of the molecule is OC(Cc1cccc(Cl)n1)c1ccco1. The van der Waals surface area contributed by atoms with E-state index in [2.05, 4.69) is 4.98 Å². The Bertz CT molecular complexity index is 428. The highest BCUT2D eigenvalue weighted by Crippen LogP contribution is 2.18. The highest BCUT2D eigenvalue weighted by molar-refractivity contribution is 6.29. The van der Waals surface area contributed by atoms with Crippen LogP contribution in [0.25, 0.3) is 0 Å². The summed E-state index contributed by atoms with van der Waals surface area (Å²) in [5, 5.41) is 10.2. The molecule has 2 aromatic rings. The summed E-state index contributed by atoms with van der Waals surface area (Å²) in [5.41, 5.74) is 0.742. The molecule has 1 atom stereocenters. The number of rotatable bonds is 3. The van der Waals surface area contributed by atoms with Gasteiger partial charge >= 0.3 is 0 Å². The van der Waals surface area contributed by atoms with Crippen molar-refractivity contribution < 1.29 is 9.52 Å². The van der Waals surface area contributed by atoms with Crippen molar-refractivity contribution in [2.75, 3.05) is 0 Å². The Balaban J connectivity index is 2.09. The predicted molar refractivity (Wildman–Crippen MR) is 56.6 cm³/mol. The van der Waals surface area contributed by atoms with E-state index in [0.29, 0.717) is 17.3 Å². The minimum absolute atomic E-state index is 0.397. The van der Waals surface area contributed by atoms with Gasteiger partial charge in [0, 0.05) is 12.1 Å². The van der Waals surface area contributed by atoms with Crippen molar-refractivity contribution in [3.8, 4) is 0 Å². The Kier molecular flexibility index (Phi) is 3.04. The first-order valence-corrected chi connectivity index (χ1v) is 4.96. The molecule has 0 bridgehead atoms. The number of aromatic nitrogens is 1. The van der Waals surface area contributed by atoms with Crippen molar-refractivity contribution in [3.63, 3.8) is 0 Å². The van der Waals surface area contributed by atoms with Gasteiger partial charge in [-0.25, -0.2) is 4.98 Å². The Morgan fingerprint density at radius 2 is 2.20 bits per heavy atom. The fourth-order valence-corrected chi connectivity index (χ4v) is 1.52. The van der Waals surface area contributed by atoms with Gasteiger partial charge in [-0.05, 0) is 24.3 Å². The van der Waals surface area contributed by atoms with Gasteiger partial charge in [-0.15, -0.1) is 0 Å². The van der Waals surface area contributed by atoms with Crippen molar-refractivity contribution >= 4 is 11.6 Å². The van der Waals surface area contributed by atoms with Crippen molar-refractivity contribution in [1.82, 2.24) is 4.98 Å². The lowest BCUT2D eigenvalue weighted by molar-refractivity contribution is 0.149. The zero-order valence-electron chi connectivity index (χ0n) is 7.93. The summed E-state index contributed by atoms with van der Waals surface area (Å²) in [6, 6.07) is 8.79. The molecule has 0 aromatic carbocycles. The molecule has 15 heavy (non-hydrogen) atoms. The predicted octanol–water partition coefficient (Wildman–Crippen LogP) is 2.60. The molecular weight excluding hydrogens is 214 g/mol. The summed E-state index contributed by atoms with van der Waals surface area (Å²) in [5.74, 6) is 0.539. The molecule has 1 N–H and O–H groups in total. The lowest BCUT2D eigenvalue weighted by Gasteiger charge is -2.06. The monoisotopic (exact) mass is 223 g/mol. The minimum atomic E-state index is -0.675. The first-order chi connectivity index (χ1) is 7.25. The number of aliphatic hydroxyl groups excluding tert-OH is 1. The van der Waals surface area contributed by atoms with Crippen LogP contribution in [0.1, 0.15) is 17.6 Å². The van der Waals surface area contributed by atoms with Crippen LogP contribution in [0.5, 0.6) is 0 Å². The van der Waals surface area contributed by atoms with Gasteiger partial charge in [-0.1, -0.05) is 17.7 Å². The molecule has 0 aliphatic heterocycles. The fraction of sp³-hybridized carbons (Fsp3) is 0.182. The van der Waals surface area contributed by atoms with Crippen LogP contribution in [0.2, 0.25) is 5.15 Å². The van der Waals surface area contributed by atoms with Gasteiger partial charge in [-0.3, -0.25) is 0 Å². The maximum Gasteiger partial charge on any atom is 0.132 e. The first-order valence-electron chi connectivity index (χ1n) is 4.58. The number of halogens is 1. The van der Waals surface area contributed by atoms with Crippen molar-refractivity contribution in [3.05, 3.63) is 53.2 Å². The Hall–Kier alpha value is -1.32. The second-order valence-corrected chi connectivity index (χ2v) is 3.57. The highest BCUT2D eigenvalue weighted by Gasteiger charge is 2.11. The second-order valence-electron chi connectivity index (χ2n) is 3.19. The quantitative estimate of drug-likeness (QED) is 0.814. The third-order valence-electron chi connectivity index (χ3n) is 2.05. The number of furan rings is 1. The highest BCUT2D eigenvalue weighted by atomic mass is 35.5. The lowest BCUT2D eigenvalue weighted by Crippen LogP contribution is -2.02. The number of pyridine rings is 1. The molecule has 3 nitrogen and oxygen atoms in total. The van der Waals surface area contributed by atoms with Gasteiger partial charge in [0.25, 0.3) is 0 Å². The second kappa shape index (κ2) is 4.47. The maximum absolute atomic E-state index is 9.78. The third-order valence-corrected chi connectivity index (χ3v) is 2.26. The van der Waals surface area contributed by atoms with E-state index in [1.165, 1.54) is 6.26 Å². The Morgan fingerprint density at radius 3 is 2.87 bits per heavy atom. The smallest absolute Gasteiger partial charge is 0.132 e. The van der Waals surface area contributed by atoms with Crippen molar-refractivity contribution in [1.29, 1.82) is 0 Å². The van der Waals surface area contributed by atoms with Crippen LogP contribution < -0.4 is 0 Å². The standard InChI is InChI=1S/C11H10ClNO2/c12-11-5-1-3-8(13-11)7-9(14)10-4-2-6-15-10/h1-6,9,14H,7H2. The van der Waals surface area contributed by atoms with E-state index in [1.807, 2.05) is 6.07 Å². The van der Waals surface area contributed by atoms with Gasteiger partial charge in [0.1, 0.15) is 17.0 Å². The number of hydrogen-bond donors (Lipinski definition) is 1. The largest absolute Gasteiger partial charge is 0.467 e. The molecule has 2 aromatic heterocycles. The summed E-state index contributed by atoms with van der Waals surface area (Å²) in [6.45, 7) is 0. The Labute approximate surface area is 92.3 Å². The van der Waals surface area contributed by atoms with Crippen LogP contribution in [-0.4, -0.2) is 10.1 Å². The van der Waals surface area contributed by atoms with Gasteiger partial charge in [-0.2, -0.15) is 0 Å². The van der Waals surface area contributed by atoms with Gasteiger partial charge in [0.05, 0.1) is 6.26 Å². The van der Waals surface area contributed by atoms with E-state index in [0.717, 1.165) is 5.69 Å². The molecule has 0 amide bonds. The molecule has 2 rings (SSSR count).